The second-order valence-electron chi connectivity index (χ2n) is 46.4. The van der Waals surface area contributed by atoms with Gasteiger partial charge in [0.05, 0.1) is 17.3 Å². The Bertz CT molecular complexity index is 4730. The number of rotatable bonds is 73. The van der Waals surface area contributed by atoms with Crippen molar-refractivity contribution in [2.75, 3.05) is 0 Å². The van der Waals surface area contributed by atoms with Crippen molar-refractivity contribution in [3.63, 3.8) is 0 Å². The normalized spacial score (nSPS) is 13.2. The van der Waals surface area contributed by atoms with Gasteiger partial charge in [-0.2, -0.15) is 0 Å². The molecule has 3 aliphatic carbocycles. The molecule has 0 atom stereocenters. The van der Waals surface area contributed by atoms with E-state index in [4.69, 9.17) is 0 Å². The standard InChI is InChI=1S/C40H56Br2S2.2C40H56S2.10CH3.4Sn.2H/c1-3-5-7-9-11-13-15-17-19-21-23-31-25-32(24-22-20-18-16-14-12-10-8-6-4-2)27-33(26-31)28-34-35-29-37(41)43-39(35)40-36(34)30-38(42)44-40;2*1-3-5-7-9-11-13-15-17-19-21-23-33-29-34(24-22-20-18-16-14-12-10-8-6-4-2)31-35(30-33)32-38-36-25-27-41-39(36)40-37(38)26-28-42-40;;;;;;;;;;;;;;;;/h25-30H,3-24H2,1-2H3;2*25-26,29-32H,3-24H2,1-2H3;10*1H3;;;;;;. The van der Waals surface area contributed by atoms with Crippen molar-refractivity contribution in [2.24, 2.45) is 0 Å². The number of unbranched alkanes of at least 4 members (excludes halogenated alkanes) is 54. The molecule has 3 aliphatic rings. The Labute approximate surface area is 937 Å². The Hall–Kier alpha value is -0.765. The van der Waals surface area contributed by atoms with E-state index in [1.807, 2.05) is 22.7 Å². The summed E-state index contributed by atoms with van der Waals surface area (Å²) in [5, 5.41) is 0. The topological polar surface area (TPSA) is 0 Å². The van der Waals surface area contributed by atoms with E-state index in [-0.39, 0.29) is 0 Å². The van der Waals surface area contributed by atoms with Gasteiger partial charge in [-0.05, 0) is 98.0 Å². The predicted molar refractivity (Wildman–Crippen MR) is 675 cm³/mol. The summed E-state index contributed by atoms with van der Waals surface area (Å²) in [5.41, 5.74) is 27.1. The molecule has 786 valence electrons. The first kappa shape index (κ1) is 123. The average Bonchev–Trinajstić information content (AvgIpc) is 1.59. The summed E-state index contributed by atoms with van der Waals surface area (Å²) in [6.45, 7) is 13.9. The van der Waals surface area contributed by atoms with Crippen LogP contribution in [-0.4, -0.2) is 76.3 Å². The van der Waals surface area contributed by atoms with Crippen molar-refractivity contribution in [3.8, 4) is 29.3 Å². The number of hydrogen-bond acceptors (Lipinski definition) is 6. The number of benzene rings is 3. The fraction of sp³-hybridized carbons (Fsp3) is 0.631. The van der Waals surface area contributed by atoms with Crippen molar-refractivity contribution in [2.45, 2.75) is 515 Å². The van der Waals surface area contributed by atoms with Gasteiger partial charge in [0.15, 0.2) is 0 Å². The molecule has 6 aromatic heterocycles. The Morgan fingerprint density at radius 2 is 0.373 bits per heavy atom. The van der Waals surface area contributed by atoms with Crippen molar-refractivity contribution >= 4 is 223 Å². The molecule has 0 amide bonds. The summed E-state index contributed by atoms with van der Waals surface area (Å²) in [7, 11) is 0. The molecule has 0 N–H and O–H groups in total. The van der Waals surface area contributed by atoms with Crippen LogP contribution in [0.4, 0.5) is 0 Å². The van der Waals surface area contributed by atoms with E-state index in [1.54, 1.807) is 75.6 Å². The number of thiophene rings is 6. The molecule has 0 spiro atoms. The molecule has 0 nitrogen and oxygen atoms in total. The Morgan fingerprint density at radius 1 is 0.204 bits per heavy atom. The third-order valence-electron chi connectivity index (χ3n) is 30.4. The zero-order chi connectivity index (χ0) is 101. The summed E-state index contributed by atoms with van der Waals surface area (Å²) in [5.74, 6) is 0. The van der Waals surface area contributed by atoms with Crippen LogP contribution in [0.3, 0.4) is 0 Å². The van der Waals surface area contributed by atoms with Gasteiger partial charge in [0, 0.05) is 11.1 Å². The van der Waals surface area contributed by atoms with Gasteiger partial charge in [0.2, 0.25) is 0 Å². The van der Waals surface area contributed by atoms with Gasteiger partial charge < -0.3 is 0 Å². The van der Waals surface area contributed by atoms with Gasteiger partial charge in [-0.1, -0.05) is 355 Å². The minimum absolute atomic E-state index is 1.21. The predicted octanol–water partition coefficient (Wildman–Crippen LogP) is 44.9. The molecule has 12 heteroatoms. The Morgan fingerprint density at radius 3 is 0.563 bits per heavy atom. The SMILES string of the molecule is CCCCCCCCCCCCc1cc(/C=C2\c3c[c]([SnH]([CH3])[CH3])sc3-c3s[c]([Sn]([CH3])([CH3])[CH3])cc32)cc(CCCCCCCCCCCC)c1.CCCCCCCCCCCCc1cc(/C=C2\c3c[c]([SnH]([CH3])[CH3])sc3-c3s[c]([Sn]([CH3])([CH3])[CH3])cc32)cc(CCCCCCCCCCCC)c1.CCCCCCCCCCCCc1cc(C=C2c3cc(Br)sc3-c3sc(Br)cc32)cc(CCCCCCCCCCCC)c1. The first-order valence-electron chi connectivity index (χ1n) is 59.7. The van der Waals surface area contributed by atoms with E-state index in [2.05, 4.69) is 277 Å². The van der Waals surface area contributed by atoms with E-state index >= 15 is 0 Å². The minimum atomic E-state index is -2.16. The summed E-state index contributed by atoms with van der Waals surface area (Å²) in [6.07, 6.45) is 99.4. The summed E-state index contributed by atoms with van der Waals surface area (Å²) < 4.78 is 9.40. The maximum atomic E-state index is 3.77. The smallest absolute Gasteiger partial charge is 0.0711 e. The first-order chi connectivity index (χ1) is 69.0. The average molecular weight is 2590 g/mol. The molecule has 9 aromatic rings. The Balaban J connectivity index is 0.000000219. The fourth-order valence-corrected chi connectivity index (χ4v) is 49.3. The van der Waals surface area contributed by atoms with Gasteiger partial charge in [0.25, 0.3) is 0 Å². The zero-order valence-corrected chi connectivity index (χ0v) is 114. The van der Waals surface area contributed by atoms with Crippen LogP contribution in [0.5, 0.6) is 0 Å². The molecule has 142 heavy (non-hydrogen) atoms. The molecule has 3 aromatic carbocycles. The van der Waals surface area contributed by atoms with Crippen LogP contribution in [0, 0.1) is 0 Å². The quantitative estimate of drug-likeness (QED) is 0.0263. The van der Waals surface area contributed by atoms with E-state index in [9.17, 15) is 0 Å². The number of halogens is 2. The van der Waals surface area contributed by atoms with Crippen LogP contribution in [0.15, 0.2) is 98.6 Å². The van der Waals surface area contributed by atoms with Gasteiger partial charge in [-0.3, -0.25) is 0 Å². The van der Waals surface area contributed by atoms with Crippen LogP contribution >= 0.6 is 99.9 Å². The van der Waals surface area contributed by atoms with Gasteiger partial charge in [-0.25, -0.2) is 0 Å². The van der Waals surface area contributed by atoms with E-state index < -0.39 is 76.3 Å². The molecule has 0 fully saturated rings. The minimum Gasteiger partial charge on any atom is -0.127 e. The maximum absolute atomic E-state index is 3.77. The monoisotopic (exact) mass is 2590 g/mol. The second-order valence-corrected chi connectivity index (χ2v) is 105. The molecular formula is C130H200Br2S6Sn4. The third-order valence-corrected chi connectivity index (χ3v) is 73.0. The molecule has 0 saturated heterocycles. The van der Waals surface area contributed by atoms with Gasteiger partial charge in [-0.15, -0.1) is 22.7 Å². The summed E-state index contributed by atoms with van der Waals surface area (Å²) in [6, 6.07) is 38.1. The van der Waals surface area contributed by atoms with Crippen molar-refractivity contribution < 1.29 is 0 Å². The third kappa shape index (κ3) is 43.5. The zero-order valence-electron chi connectivity index (χ0n) is 93.4. The first-order valence-corrected chi connectivity index (χ1v) is 103. The molecule has 0 unspecified atom stereocenters. The van der Waals surface area contributed by atoms with Crippen LogP contribution < -0.4 is 11.6 Å². The van der Waals surface area contributed by atoms with Crippen molar-refractivity contribution in [1.82, 2.24) is 0 Å². The molecule has 0 radical (unpaired) electrons. The molecule has 0 saturated carbocycles. The maximum Gasteiger partial charge on any atom is 0.0711 e. The summed E-state index contributed by atoms with van der Waals surface area (Å²) in [4.78, 5) is 35.0. The number of aryl methyl sites for hydroxylation is 6. The molecule has 0 aliphatic heterocycles. The van der Waals surface area contributed by atoms with Crippen LogP contribution in [-0.2, 0) is 38.5 Å². The second kappa shape index (κ2) is 69.9. The van der Waals surface area contributed by atoms with Crippen LogP contribution in [0.2, 0.25) is 49.4 Å². The number of fused-ring (bicyclic) bond motifs is 9. The van der Waals surface area contributed by atoms with E-state index in [1.165, 1.54) is 497 Å². The largest absolute Gasteiger partial charge is 0.127 e. The van der Waals surface area contributed by atoms with Crippen LogP contribution in [0.25, 0.3) is 64.2 Å². The fourth-order valence-electron chi connectivity index (χ4n) is 21.6. The van der Waals surface area contributed by atoms with E-state index in [0.29, 0.717) is 0 Å². The van der Waals surface area contributed by atoms with E-state index in [0.717, 1.165) is 0 Å². The molecule has 0 bridgehead atoms. The number of hydrogen-bond donors (Lipinski definition) is 0. The van der Waals surface area contributed by atoms with Gasteiger partial charge >= 0.3 is 444 Å². The van der Waals surface area contributed by atoms with Gasteiger partial charge in [0.1, 0.15) is 0 Å². The van der Waals surface area contributed by atoms with Crippen molar-refractivity contribution in [3.05, 3.63) is 182 Å². The molecule has 6 heterocycles. The Kier molecular flexibility index (Phi) is 60.6. The van der Waals surface area contributed by atoms with Crippen LogP contribution in [0.1, 0.15) is 510 Å². The molecule has 12 rings (SSSR count). The summed E-state index contributed by atoms with van der Waals surface area (Å²) >= 11 is 12.4. The molecular weight excluding hydrogens is 2390 g/mol. The van der Waals surface area contributed by atoms with Crippen molar-refractivity contribution in [1.29, 1.82) is 0 Å².